The molecule has 0 bridgehead atoms. The van der Waals surface area contributed by atoms with E-state index in [-0.39, 0.29) is 43.0 Å². The number of benzene rings is 1. The predicted octanol–water partition coefficient (Wildman–Crippen LogP) is 6.88. The summed E-state index contributed by atoms with van der Waals surface area (Å²) in [5.74, 6) is -1.49. The van der Waals surface area contributed by atoms with Gasteiger partial charge < -0.3 is 29.7 Å². The second-order valence-electron chi connectivity index (χ2n) is 14.0. The lowest BCUT2D eigenvalue weighted by molar-refractivity contribution is -0.304. The van der Waals surface area contributed by atoms with E-state index in [9.17, 15) is 14.4 Å². The molecule has 45 heavy (non-hydrogen) atoms. The van der Waals surface area contributed by atoms with E-state index in [2.05, 4.69) is 17.6 Å². The Labute approximate surface area is 271 Å². The third-order valence-corrected chi connectivity index (χ3v) is 8.85. The van der Waals surface area contributed by atoms with E-state index in [0.29, 0.717) is 26.1 Å². The Morgan fingerprint density at radius 1 is 0.933 bits per heavy atom. The Bertz CT molecular complexity index is 1050. The fraction of sp³-hybridized carbons (Fsp3) is 0.750. The van der Waals surface area contributed by atoms with Crippen LogP contribution in [0.2, 0.25) is 0 Å². The van der Waals surface area contributed by atoms with E-state index in [1.165, 1.54) is 38.5 Å². The van der Waals surface area contributed by atoms with Crippen LogP contribution in [0.15, 0.2) is 30.3 Å². The summed E-state index contributed by atoms with van der Waals surface area (Å²) < 4.78 is 17.5. The molecule has 254 valence electrons. The molecule has 1 heterocycles. The first-order chi connectivity index (χ1) is 21.5. The van der Waals surface area contributed by atoms with Crippen molar-refractivity contribution < 1.29 is 28.6 Å². The van der Waals surface area contributed by atoms with Gasteiger partial charge in [0, 0.05) is 25.0 Å². The molecule has 3 rings (SSSR count). The largest absolute Gasteiger partial charge is 0.460 e. The second-order valence-corrected chi connectivity index (χ2v) is 14.0. The number of carbonyl (C=O) groups is 3. The molecular formula is C36H59N3O6. The molecule has 1 aromatic rings. The van der Waals surface area contributed by atoms with Gasteiger partial charge in [-0.2, -0.15) is 0 Å². The number of urea groups is 1. The fourth-order valence-electron chi connectivity index (χ4n) is 6.08. The number of esters is 1. The van der Waals surface area contributed by atoms with Crippen LogP contribution in [0.1, 0.15) is 124 Å². The average Bonchev–Trinajstić information content (AvgIpc) is 3.00. The lowest BCUT2D eigenvalue weighted by atomic mass is 9.85. The minimum absolute atomic E-state index is 0.0501. The van der Waals surface area contributed by atoms with E-state index in [1.807, 2.05) is 49.1 Å². The number of ether oxygens (including phenoxy) is 3. The maximum absolute atomic E-state index is 13.6. The van der Waals surface area contributed by atoms with Gasteiger partial charge in [-0.05, 0) is 45.1 Å². The summed E-state index contributed by atoms with van der Waals surface area (Å²) in [5.41, 5.74) is 0.606. The zero-order chi connectivity index (χ0) is 32.7. The lowest BCUT2D eigenvalue weighted by Gasteiger charge is -2.44. The van der Waals surface area contributed by atoms with Crippen molar-refractivity contribution in [2.75, 3.05) is 19.7 Å². The predicted molar refractivity (Wildman–Crippen MR) is 176 cm³/mol. The molecule has 2 N–H and O–H groups in total. The third kappa shape index (κ3) is 12.9. The molecular weight excluding hydrogens is 570 g/mol. The Balaban J connectivity index is 1.48. The first-order valence-corrected chi connectivity index (χ1v) is 17.4. The maximum Gasteiger partial charge on any atom is 0.318 e. The van der Waals surface area contributed by atoms with Gasteiger partial charge in [0.2, 0.25) is 5.91 Å². The van der Waals surface area contributed by atoms with Crippen LogP contribution >= 0.6 is 0 Å². The second kappa shape index (κ2) is 18.5. The molecule has 0 spiro atoms. The zero-order valence-corrected chi connectivity index (χ0v) is 28.5. The number of rotatable bonds is 17. The molecule has 1 saturated carbocycles. The van der Waals surface area contributed by atoms with Crippen molar-refractivity contribution in [1.82, 2.24) is 15.5 Å². The summed E-state index contributed by atoms with van der Waals surface area (Å²) in [6.07, 6.45) is 12.1. The molecule has 3 unspecified atom stereocenters. The van der Waals surface area contributed by atoms with Gasteiger partial charge in [0.25, 0.3) is 0 Å². The molecule has 3 atom stereocenters. The van der Waals surface area contributed by atoms with Crippen molar-refractivity contribution in [3.05, 3.63) is 35.9 Å². The van der Waals surface area contributed by atoms with Gasteiger partial charge in [0.15, 0.2) is 5.79 Å². The summed E-state index contributed by atoms with van der Waals surface area (Å²) in [7, 11) is 0. The van der Waals surface area contributed by atoms with E-state index in [0.717, 1.165) is 37.7 Å². The van der Waals surface area contributed by atoms with Crippen molar-refractivity contribution in [3.63, 3.8) is 0 Å². The molecule has 9 nitrogen and oxygen atoms in total. The maximum atomic E-state index is 13.6. The number of hydrogen-bond donors (Lipinski definition) is 2. The lowest BCUT2D eigenvalue weighted by Crippen LogP contribution is -2.56. The molecule has 2 fully saturated rings. The van der Waals surface area contributed by atoms with Gasteiger partial charge in [-0.1, -0.05) is 102 Å². The standard InChI is InChI=1S/C36H59N3O6/c1-6-7-8-9-10-11-12-18-25-39(26-28-19-14-13-15-20-28)34(42)38-29-21-16-17-22-30(29)44-31(40)23-24-37-33(41)32-35(2,3)27-43-36(4,5)45-32/h13-15,19-20,29-30,32H,6-12,16-18,21-27H2,1-5H3,(H,37,41)(H,38,42). The van der Waals surface area contributed by atoms with Crippen molar-refractivity contribution in [2.24, 2.45) is 5.41 Å². The number of unbranched alkanes of at least 4 members (excludes halogenated alkanes) is 7. The van der Waals surface area contributed by atoms with Gasteiger partial charge >= 0.3 is 12.0 Å². The normalized spacial score (nSPS) is 22.3. The van der Waals surface area contributed by atoms with Crippen LogP contribution in [-0.2, 0) is 30.3 Å². The Kier molecular flexibility index (Phi) is 15.1. The molecule has 9 heteroatoms. The van der Waals surface area contributed by atoms with Crippen molar-refractivity contribution >= 4 is 17.9 Å². The Hall–Kier alpha value is -2.65. The summed E-state index contributed by atoms with van der Waals surface area (Å²) in [4.78, 5) is 41.2. The first kappa shape index (κ1) is 36.8. The summed E-state index contributed by atoms with van der Waals surface area (Å²) in [5, 5.41) is 6.06. The van der Waals surface area contributed by atoms with Crippen LogP contribution in [0.25, 0.3) is 0 Å². The Morgan fingerprint density at radius 3 is 2.31 bits per heavy atom. The third-order valence-electron chi connectivity index (χ3n) is 8.85. The van der Waals surface area contributed by atoms with E-state index >= 15 is 0 Å². The van der Waals surface area contributed by atoms with Crippen molar-refractivity contribution in [3.8, 4) is 0 Å². The van der Waals surface area contributed by atoms with Crippen LogP contribution < -0.4 is 10.6 Å². The first-order valence-electron chi connectivity index (χ1n) is 17.4. The number of hydrogen-bond acceptors (Lipinski definition) is 6. The molecule has 0 aromatic heterocycles. The molecule has 3 amide bonds. The van der Waals surface area contributed by atoms with Gasteiger partial charge in [0.1, 0.15) is 12.2 Å². The number of amides is 3. The molecule has 2 aliphatic rings. The molecule has 1 aliphatic carbocycles. The number of carbonyl (C=O) groups excluding carboxylic acids is 3. The van der Waals surface area contributed by atoms with Crippen LogP contribution in [0, 0.1) is 5.41 Å². The highest BCUT2D eigenvalue weighted by atomic mass is 16.7. The van der Waals surface area contributed by atoms with Crippen LogP contribution in [-0.4, -0.2) is 66.5 Å². The highest BCUT2D eigenvalue weighted by Crippen LogP contribution is 2.34. The summed E-state index contributed by atoms with van der Waals surface area (Å²) in [6, 6.07) is 9.74. The molecule has 1 saturated heterocycles. The molecule has 1 aromatic carbocycles. The van der Waals surface area contributed by atoms with Gasteiger partial charge in [-0.15, -0.1) is 0 Å². The monoisotopic (exact) mass is 629 g/mol. The minimum Gasteiger partial charge on any atom is -0.460 e. The average molecular weight is 630 g/mol. The van der Waals surface area contributed by atoms with Crippen LogP contribution in [0.4, 0.5) is 4.79 Å². The number of nitrogens with one attached hydrogen (secondary N) is 2. The Morgan fingerprint density at radius 2 is 1.60 bits per heavy atom. The van der Waals surface area contributed by atoms with E-state index in [4.69, 9.17) is 14.2 Å². The van der Waals surface area contributed by atoms with Gasteiger partial charge in [0.05, 0.1) is 19.1 Å². The van der Waals surface area contributed by atoms with Crippen molar-refractivity contribution in [1.29, 1.82) is 0 Å². The number of nitrogens with zero attached hydrogens (tertiary/aromatic N) is 1. The van der Waals surface area contributed by atoms with E-state index in [1.54, 1.807) is 13.8 Å². The smallest absolute Gasteiger partial charge is 0.318 e. The van der Waals surface area contributed by atoms with Crippen molar-refractivity contribution in [2.45, 2.75) is 149 Å². The quantitative estimate of drug-likeness (QED) is 0.144. The molecule has 0 radical (unpaired) electrons. The van der Waals surface area contributed by atoms with Gasteiger partial charge in [-0.3, -0.25) is 9.59 Å². The summed E-state index contributed by atoms with van der Waals surface area (Å²) in [6.45, 7) is 11.5. The summed E-state index contributed by atoms with van der Waals surface area (Å²) >= 11 is 0. The highest BCUT2D eigenvalue weighted by molar-refractivity contribution is 5.82. The fourth-order valence-corrected chi connectivity index (χ4v) is 6.08. The zero-order valence-electron chi connectivity index (χ0n) is 28.5. The minimum atomic E-state index is -0.846. The topological polar surface area (TPSA) is 106 Å². The van der Waals surface area contributed by atoms with E-state index < -0.39 is 17.3 Å². The van der Waals surface area contributed by atoms with Gasteiger partial charge in [-0.25, -0.2) is 4.79 Å². The van der Waals surface area contributed by atoms with Crippen LogP contribution in [0.5, 0.6) is 0 Å². The SMILES string of the molecule is CCCCCCCCCCN(Cc1ccccc1)C(=O)NC1CCCCC1OC(=O)CCNC(=O)C1OC(C)(C)OCC1(C)C. The van der Waals surface area contributed by atoms with Crippen LogP contribution in [0.3, 0.4) is 0 Å². The highest BCUT2D eigenvalue weighted by Gasteiger charge is 2.45. The molecule has 1 aliphatic heterocycles.